The van der Waals surface area contributed by atoms with Gasteiger partial charge in [-0.25, -0.2) is 4.98 Å². The fourth-order valence-electron chi connectivity index (χ4n) is 3.35. The van der Waals surface area contributed by atoms with Crippen molar-refractivity contribution in [1.82, 2.24) is 19.7 Å². The van der Waals surface area contributed by atoms with E-state index >= 15 is 0 Å². The lowest BCUT2D eigenvalue weighted by Crippen LogP contribution is -2.32. The quantitative estimate of drug-likeness (QED) is 0.757. The van der Waals surface area contributed by atoms with Crippen LogP contribution >= 0.6 is 11.6 Å². The van der Waals surface area contributed by atoms with Crippen molar-refractivity contribution in [2.45, 2.75) is 0 Å². The van der Waals surface area contributed by atoms with Crippen molar-refractivity contribution in [3.63, 3.8) is 0 Å². The third-order valence-corrected chi connectivity index (χ3v) is 4.99. The van der Waals surface area contributed by atoms with Crippen molar-refractivity contribution < 1.29 is 0 Å². The van der Waals surface area contributed by atoms with Crippen LogP contribution in [-0.2, 0) is 7.05 Å². The van der Waals surface area contributed by atoms with Gasteiger partial charge in [0.15, 0.2) is 0 Å². The van der Waals surface area contributed by atoms with Gasteiger partial charge in [-0.2, -0.15) is 10.1 Å². The number of aryl methyl sites for hydroxylation is 1. The standard InChI is InChI=1S/C19H16ClN7/c1-26-16(6-7-23-26)24-19-22-11-12-10-14(13-4-2-3-5-15(13)20)18-21-8-9-27(18)17(12)25-19/h2-7,10-11H,8-9H2,1H3,(H,22,24,25). The van der Waals surface area contributed by atoms with Gasteiger partial charge in [-0.15, -0.1) is 0 Å². The van der Waals surface area contributed by atoms with Crippen molar-refractivity contribution in [2.24, 2.45) is 12.0 Å². The largest absolute Gasteiger partial charge is 0.309 e. The zero-order valence-electron chi connectivity index (χ0n) is 14.6. The second-order valence-electron chi connectivity index (χ2n) is 6.33. The fraction of sp³-hybridized carbons (Fsp3) is 0.158. The third kappa shape index (κ3) is 2.67. The van der Waals surface area contributed by atoms with Crippen molar-refractivity contribution in [3.05, 3.63) is 58.9 Å². The minimum absolute atomic E-state index is 0.526. The molecule has 1 N–H and O–H groups in total. The lowest BCUT2D eigenvalue weighted by atomic mass is 9.98. The van der Waals surface area contributed by atoms with E-state index in [1.54, 1.807) is 10.9 Å². The highest BCUT2D eigenvalue weighted by atomic mass is 35.5. The Hall–Kier alpha value is -3.19. The van der Waals surface area contributed by atoms with E-state index in [2.05, 4.69) is 26.4 Å². The predicted molar refractivity (Wildman–Crippen MR) is 107 cm³/mol. The van der Waals surface area contributed by atoms with Crippen LogP contribution in [0.5, 0.6) is 0 Å². The number of nitrogens with one attached hydrogen (secondary N) is 1. The van der Waals surface area contributed by atoms with Gasteiger partial charge in [0.05, 0.1) is 12.7 Å². The molecule has 1 aromatic carbocycles. The molecule has 0 spiro atoms. The van der Waals surface area contributed by atoms with Gasteiger partial charge >= 0.3 is 0 Å². The molecule has 0 atom stereocenters. The SMILES string of the molecule is Cn1nccc1Nc1ncc2c(n1)N1CCN=C1C(c1ccccc1Cl)=C2. The number of aliphatic imine (C=N–C) groups is 1. The van der Waals surface area contributed by atoms with Crippen LogP contribution in [0.1, 0.15) is 11.1 Å². The van der Waals surface area contributed by atoms with E-state index in [9.17, 15) is 0 Å². The molecule has 4 heterocycles. The highest BCUT2D eigenvalue weighted by molar-refractivity contribution is 6.40. The summed E-state index contributed by atoms with van der Waals surface area (Å²) in [5, 5.41) is 8.06. The molecule has 3 aromatic rings. The normalized spacial score (nSPS) is 15.1. The van der Waals surface area contributed by atoms with Crippen LogP contribution in [0.2, 0.25) is 5.02 Å². The van der Waals surface area contributed by atoms with E-state index in [-0.39, 0.29) is 0 Å². The Balaban J connectivity index is 1.59. The monoisotopic (exact) mass is 377 g/mol. The van der Waals surface area contributed by atoms with Crippen LogP contribution in [0, 0.1) is 0 Å². The molecule has 0 aliphatic carbocycles. The van der Waals surface area contributed by atoms with Crippen LogP contribution in [-0.4, -0.2) is 38.7 Å². The first kappa shape index (κ1) is 16.0. The topological polar surface area (TPSA) is 71.2 Å². The first-order chi connectivity index (χ1) is 13.2. The van der Waals surface area contributed by atoms with Gasteiger partial charge in [0.2, 0.25) is 5.95 Å². The van der Waals surface area contributed by atoms with Gasteiger partial charge in [-0.05, 0) is 12.1 Å². The third-order valence-electron chi connectivity index (χ3n) is 4.66. The summed E-state index contributed by atoms with van der Waals surface area (Å²) in [5.74, 6) is 3.11. The van der Waals surface area contributed by atoms with Crippen LogP contribution in [0.3, 0.4) is 0 Å². The highest BCUT2D eigenvalue weighted by Gasteiger charge is 2.31. The molecule has 2 aliphatic heterocycles. The zero-order valence-corrected chi connectivity index (χ0v) is 15.4. The van der Waals surface area contributed by atoms with Crippen LogP contribution < -0.4 is 10.2 Å². The number of aromatic nitrogens is 4. The Morgan fingerprint density at radius 3 is 2.89 bits per heavy atom. The minimum atomic E-state index is 0.526. The van der Waals surface area contributed by atoms with Crippen molar-refractivity contribution in [1.29, 1.82) is 0 Å². The molecule has 27 heavy (non-hydrogen) atoms. The number of fused-ring (bicyclic) bond motifs is 3. The molecule has 8 heteroatoms. The molecular formula is C19H16ClN7. The summed E-state index contributed by atoms with van der Waals surface area (Å²) < 4.78 is 1.74. The molecule has 2 aliphatic rings. The maximum absolute atomic E-state index is 6.43. The highest BCUT2D eigenvalue weighted by Crippen LogP contribution is 2.37. The van der Waals surface area contributed by atoms with E-state index in [1.165, 1.54) is 0 Å². The number of benzene rings is 1. The lowest BCUT2D eigenvalue weighted by Gasteiger charge is -2.27. The average molecular weight is 378 g/mol. The van der Waals surface area contributed by atoms with E-state index in [4.69, 9.17) is 21.6 Å². The molecule has 0 bridgehead atoms. The van der Waals surface area contributed by atoms with Crippen LogP contribution in [0.25, 0.3) is 11.6 Å². The predicted octanol–water partition coefficient (Wildman–Crippen LogP) is 3.38. The van der Waals surface area contributed by atoms with Gasteiger partial charge in [0.1, 0.15) is 17.5 Å². The molecule has 0 unspecified atom stereocenters. The summed E-state index contributed by atoms with van der Waals surface area (Å²) >= 11 is 6.43. The average Bonchev–Trinajstić information content (AvgIpc) is 3.32. The molecule has 0 saturated carbocycles. The first-order valence-corrected chi connectivity index (χ1v) is 8.99. The maximum Gasteiger partial charge on any atom is 0.230 e. The zero-order chi connectivity index (χ0) is 18.4. The van der Waals surface area contributed by atoms with Crippen LogP contribution in [0.4, 0.5) is 17.6 Å². The summed E-state index contributed by atoms with van der Waals surface area (Å²) in [6.07, 6.45) is 5.61. The van der Waals surface area contributed by atoms with Gasteiger partial charge in [-0.1, -0.05) is 29.8 Å². The Bertz CT molecular complexity index is 1100. The summed E-state index contributed by atoms with van der Waals surface area (Å²) in [7, 11) is 1.87. The molecule has 0 radical (unpaired) electrons. The molecule has 0 fully saturated rings. The molecule has 134 valence electrons. The van der Waals surface area contributed by atoms with Crippen molar-refractivity contribution in [3.8, 4) is 0 Å². The molecule has 2 aromatic heterocycles. The van der Waals surface area contributed by atoms with Crippen LogP contribution in [0.15, 0.2) is 47.7 Å². The summed E-state index contributed by atoms with van der Waals surface area (Å²) in [5.41, 5.74) is 2.91. The molecule has 7 nitrogen and oxygen atoms in total. The summed E-state index contributed by atoms with van der Waals surface area (Å²) in [6.45, 7) is 1.51. The Labute approximate surface area is 161 Å². The van der Waals surface area contributed by atoms with E-state index in [0.29, 0.717) is 11.0 Å². The number of rotatable bonds is 3. The number of halogens is 1. The molecular weight excluding hydrogens is 362 g/mol. The van der Waals surface area contributed by atoms with Gasteiger partial charge < -0.3 is 10.2 Å². The van der Waals surface area contributed by atoms with Crippen molar-refractivity contribution >= 4 is 46.7 Å². The van der Waals surface area contributed by atoms with E-state index in [1.807, 2.05) is 43.6 Å². The summed E-state index contributed by atoms with van der Waals surface area (Å²) in [6, 6.07) is 9.69. The smallest absolute Gasteiger partial charge is 0.230 e. The van der Waals surface area contributed by atoms with Gasteiger partial charge in [-0.3, -0.25) is 9.67 Å². The van der Waals surface area contributed by atoms with Crippen molar-refractivity contribution in [2.75, 3.05) is 23.3 Å². The Morgan fingerprint density at radius 1 is 1.19 bits per heavy atom. The molecule has 0 amide bonds. The van der Waals surface area contributed by atoms with E-state index < -0.39 is 0 Å². The van der Waals surface area contributed by atoms with E-state index in [0.717, 1.165) is 47.3 Å². The number of anilines is 3. The maximum atomic E-state index is 6.43. The van der Waals surface area contributed by atoms with Gasteiger partial charge in [0, 0.05) is 47.6 Å². The second-order valence-corrected chi connectivity index (χ2v) is 6.74. The first-order valence-electron chi connectivity index (χ1n) is 8.62. The Morgan fingerprint density at radius 2 is 2.07 bits per heavy atom. The number of hydrogen-bond acceptors (Lipinski definition) is 6. The second kappa shape index (κ2) is 6.21. The van der Waals surface area contributed by atoms with Gasteiger partial charge in [0.25, 0.3) is 0 Å². The molecule has 0 saturated heterocycles. The molecule has 5 rings (SSSR count). The fourth-order valence-corrected chi connectivity index (χ4v) is 3.59. The Kier molecular flexibility index (Phi) is 3.68. The number of hydrogen-bond donors (Lipinski definition) is 1. The summed E-state index contributed by atoms with van der Waals surface area (Å²) in [4.78, 5) is 16.0. The number of nitrogens with zero attached hydrogens (tertiary/aromatic N) is 6. The minimum Gasteiger partial charge on any atom is -0.309 e. The lowest BCUT2D eigenvalue weighted by molar-refractivity contribution is 0.775. The number of amidine groups is 1.